The number of hydrogen-bond acceptors (Lipinski definition) is 1. The van der Waals surface area contributed by atoms with E-state index in [2.05, 4.69) is 37.6 Å². The summed E-state index contributed by atoms with van der Waals surface area (Å²) in [5.74, 6) is 0.760. The average Bonchev–Trinajstić information content (AvgIpc) is 2.87. The molecule has 0 radical (unpaired) electrons. The molecule has 2 heterocycles. The highest BCUT2D eigenvalue weighted by Crippen LogP contribution is 2.40. The molecule has 0 spiro atoms. The van der Waals surface area contributed by atoms with Gasteiger partial charge in [-0.2, -0.15) is 0 Å². The third kappa shape index (κ3) is 1.18. The molecule has 1 fully saturated rings. The van der Waals surface area contributed by atoms with Crippen LogP contribution >= 0.6 is 15.9 Å². The van der Waals surface area contributed by atoms with Crippen molar-refractivity contribution in [3.8, 4) is 0 Å². The van der Waals surface area contributed by atoms with Crippen LogP contribution in [0.2, 0.25) is 0 Å². The molecule has 0 saturated heterocycles. The zero-order valence-corrected chi connectivity index (χ0v) is 8.66. The Bertz CT molecular complexity index is 457. The highest BCUT2D eigenvalue weighted by molar-refractivity contribution is 9.10. The van der Waals surface area contributed by atoms with Crippen LogP contribution in [0, 0.1) is 0 Å². The number of hydrogen-bond donors (Lipinski definition) is 0. The summed E-state index contributed by atoms with van der Waals surface area (Å²) >= 11 is 3.44. The van der Waals surface area contributed by atoms with Crippen LogP contribution in [0.4, 0.5) is 0 Å². The lowest BCUT2D eigenvalue weighted by molar-refractivity contribution is 0.982. The summed E-state index contributed by atoms with van der Waals surface area (Å²) in [6, 6.07) is 4.10. The van der Waals surface area contributed by atoms with Crippen molar-refractivity contribution < 1.29 is 0 Å². The molecule has 0 amide bonds. The Labute approximate surface area is 84.7 Å². The van der Waals surface area contributed by atoms with Crippen molar-refractivity contribution in [2.24, 2.45) is 0 Å². The molecule has 3 rings (SSSR count). The average molecular weight is 237 g/mol. The number of rotatable bonds is 1. The SMILES string of the molecule is Brc1ccn2c(C3CC3)cnc2c1. The van der Waals surface area contributed by atoms with E-state index >= 15 is 0 Å². The lowest BCUT2D eigenvalue weighted by atomic mass is 10.3. The molecule has 0 unspecified atom stereocenters. The molecular formula is C10H9BrN2. The van der Waals surface area contributed by atoms with E-state index in [0.717, 1.165) is 16.0 Å². The first-order valence-corrected chi connectivity index (χ1v) is 5.26. The Kier molecular flexibility index (Phi) is 1.50. The van der Waals surface area contributed by atoms with Crippen molar-refractivity contribution in [1.29, 1.82) is 0 Å². The zero-order valence-electron chi connectivity index (χ0n) is 7.07. The third-order valence-corrected chi connectivity index (χ3v) is 2.99. The monoisotopic (exact) mass is 236 g/mol. The maximum Gasteiger partial charge on any atom is 0.138 e. The number of pyridine rings is 1. The van der Waals surface area contributed by atoms with Crippen molar-refractivity contribution in [2.75, 3.05) is 0 Å². The van der Waals surface area contributed by atoms with E-state index in [-0.39, 0.29) is 0 Å². The lowest BCUT2D eigenvalue weighted by Gasteiger charge is -1.98. The molecule has 2 aromatic rings. The summed E-state index contributed by atoms with van der Waals surface area (Å²) in [6.07, 6.45) is 6.73. The fraction of sp³-hybridized carbons (Fsp3) is 0.300. The van der Waals surface area contributed by atoms with E-state index in [4.69, 9.17) is 0 Å². The third-order valence-electron chi connectivity index (χ3n) is 2.50. The highest BCUT2D eigenvalue weighted by atomic mass is 79.9. The van der Waals surface area contributed by atoms with Crippen LogP contribution in [0.1, 0.15) is 24.5 Å². The highest BCUT2D eigenvalue weighted by Gasteiger charge is 2.26. The van der Waals surface area contributed by atoms with E-state index < -0.39 is 0 Å². The molecule has 1 aliphatic carbocycles. The molecule has 1 saturated carbocycles. The second-order valence-electron chi connectivity index (χ2n) is 3.53. The molecule has 66 valence electrons. The van der Waals surface area contributed by atoms with Gasteiger partial charge in [0.15, 0.2) is 0 Å². The molecule has 0 atom stereocenters. The Morgan fingerprint density at radius 3 is 3.08 bits per heavy atom. The van der Waals surface area contributed by atoms with Crippen molar-refractivity contribution in [3.63, 3.8) is 0 Å². The normalized spacial score (nSPS) is 16.7. The fourth-order valence-corrected chi connectivity index (χ4v) is 1.98. The summed E-state index contributed by atoms with van der Waals surface area (Å²) in [6.45, 7) is 0. The van der Waals surface area contributed by atoms with Gasteiger partial charge in [0.05, 0.1) is 0 Å². The van der Waals surface area contributed by atoms with E-state index in [9.17, 15) is 0 Å². The number of halogens is 1. The number of imidazole rings is 1. The topological polar surface area (TPSA) is 17.3 Å². The Morgan fingerprint density at radius 1 is 1.46 bits per heavy atom. The summed E-state index contributed by atoms with van der Waals surface area (Å²) in [5.41, 5.74) is 2.40. The van der Waals surface area contributed by atoms with Gasteiger partial charge in [0.1, 0.15) is 5.65 Å². The Morgan fingerprint density at radius 2 is 2.31 bits per heavy atom. The standard InChI is InChI=1S/C10H9BrN2/c11-8-3-4-13-9(7-1-2-7)6-12-10(13)5-8/h3-7H,1-2H2. The zero-order chi connectivity index (χ0) is 8.84. The maximum absolute atomic E-state index is 4.37. The van der Waals surface area contributed by atoms with Gasteiger partial charge in [0.2, 0.25) is 0 Å². The lowest BCUT2D eigenvalue weighted by Crippen LogP contribution is -1.88. The molecule has 3 heteroatoms. The minimum absolute atomic E-state index is 0.760. The van der Waals surface area contributed by atoms with Crippen molar-refractivity contribution in [1.82, 2.24) is 9.38 Å². The van der Waals surface area contributed by atoms with Crippen molar-refractivity contribution in [2.45, 2.75) is 18.8 Å². The summed E-state index contributed by atoms with van der Waals surface area (Å²) < 4.78 is 3.27. The van der Waals surface area contributed by atoms with Gasteiger partial charge >= 0.3 is 0 Å². The number of fused-ring (bicyclic) bond motifs is 1. The predicted molar refractivity (Wildman–Crippen MR) is 54.9 cm³/mol. The molecule has 2 nitrogen and oxygen atoms in total. The molecule has 1 aliphatic rings. The van der Waals surface area contributed by atoms with Crippen molar-refractivity contribution >= 4 is 21.6 Å². The van der Waals surface area contributed by atoms with Crippen LogP contribution in [-0.4, -0.2) is 9.38 Å². The van der Waals surface area contributed by atoms with Crippen LogP contribution in [0.25, 0.3) is 5.65 Å². The van der Waals surface area contributed by atoms with Gasteiger partial charge in [0.25, 0.3) is 0 Å². The van der Waals surface area contributed by atoms with Crippen LogP contribution in [-0.2, 0) is 0 Å². The summed E-state index contributed by atoms with van der Waals surface area (Å²) in [4.78, 5) is 4.37. The van der Waals surface area contributed by atoms with Crippen LogP contribution in [0.5, 0.6) is 0 Å². The maximum atomic E-state index is 4.37. The first-order valence-electron chi connectivity index (χ1n) is 4.47. The fourth-order valence-electron chi connectivity index (χ4n) is 1.66. The van der Waals surface area contributed by atoms with Gasteiger partial charge < -0.3 is 4.40 Å². The minimum Gasteiger partial charge on any atom is -0.304 e. The Hall–Kier alpha value is -0.830. The quantitative estimate of drug-likeness (QED) is 0.745. The van der Waals surface area contributed by atoms with Crippen LogP contribution in [0.3, 0.4) is 0 Å². The molecule has 13 heavy (non-hydrogen) atoms. The summed E-state index contributed by atoms with van der Waals surface area (Å²) in [5, 5.41) is 0. The van der Waals surface area contributed by atoms with Gasteiger partial charge in [-0.1, -0.05) is 15.9 Å². The van der Waals surface area contributed by atoms with Crippen molar-refractivity contribution in [3.05, 3.63) is 34.7 Å². The van der Waals surface area contributed by atoms with E-state index in [1.54, 1.807) is 0 Å². The van der Waals surface area contributed by atoms with E-state index in [1.165, 1.54) is 18.5 Å². The first-order chi connectivity index (χ1) is 6.34. The largest absolute Gasteiger partial charge is 0.304 e. The minimum atomic E-state index is 0.760. The van der Waals surface area contributed by atoms with E-state index in [0.29, 0.717) is 0 Å². The number of nitrogens with zero attached hydrogens (tertiary/aromatic N) is 2. The first kappa shape index (κ1) is 7.56. The van der Waals surface area contributed by atoms with Crippen LogP contribution < -0.4 is 0 Å². The Balaban J connectivity index is 2.26. The predicted octanol–water partition coefficient (Wildman–Crippen LogP) is 2.97. The molecule has 0 bridgehead atoms. The molecule has 0 N–H and O–H groups in total. The molecule has 2 aromatic heterocycles. The molecule has 0 aliphatic heterocycles. The second-order valence-corrected chi connectivity index (χ2v) is 4.45. The molecular weight excluding hydrogens is 228 g/mol. The summed E-state index contributed by atoms with van der Waals surface area (Å²) in [7, 11) is 0. The van der Waals surface area contributed by atoms with Crippen LogP contribution in [0.15, 0.2) is 29.0 Å². The van der Waals surface area contributed by atoms with Gasteiger partial charge in [-0.05, 0) is 25.0 Å². The number of aromatic nitrogens is 2. The second kappa shape index (κ2) is 2.58. The molecule has 0 aromatic carbocycles. The van der Waals surface area contributed by atoms with Gasteiger partial charge in [-0.3, -0.25) is 0 Å². The van der Waals surface area contributed by atoms with Gasteiger partial charge in [-0.25, -0.2) is 4.98 Å². The van der Waals surface area contributed by atoms with Gasteiger partial charge in [-0.15, -0.1) is 0 Å². The smallest absolute Gasteiger partial charge is 0.138 e. The van der Waals surface area contributed by atoms with E-state index in [1.807, 2.05) is 12.3 Å². The van der Waals surface area contributed by atoms with Gasteiger partial charge in [0, 0.05) is 28.5 Å².